The van der Waals surface area contributed by atoms with Crippen LogP contribution in [0.5, 0.6) is 0 Å². The maximum atomic E-state index is 12.8. The molecule has 70 valence electrons. The Balaban J connectivity index is 1.96. The smallest absolute Gasteiger partial charge is 0.248 e. The van der Waals surface area contributed by atoms with Gasteiger partial charge in [-0.2, -0.15) is 0 Å². The number of alkyl halides is 2. The van der Waals surface area contributed by atoms with Gasteiger partial charge in [-0.25, -0.2) is 8.78 Å². The molecule has 12 heavy (non-hydrogen) atoms. The van der Waals surface area contributed by atoms with Crippen LogP contribution in [-0.4, -0.2) is 11.5 Å². The maximum Gasteiger partial charge on any atom is 0.248 e. The highest BCUT2D eigenvalue weighted by molar-refractivity contribution is 5.02. The Morgan fingerprint density at radius 3 is 1.92 bits per heavy atom. The van der Waals surface area contributed by atoms with Crippen LogP contribution in [0, 0.1) is 5.92 Å². The van der Waals surface area contributed by atoms with E-state index in [0.29, 0.717) is 18.8 Å². The molecule has 0 aliphatic heterocycles. The Hall–Kier alpha value is -0.180. The summed E-state index contributed by atoms with van der Waals surface area (Å²) in [6.45, 7) is 0. The summed E-state index contributed by atoms with van der Waals surface area (Å²) < 4.78 is 25.6. The van der Waals surface area contributed by atoms with E-state index in [1.54, 1.807) is 0 Å². The van der Waals surface area contributed by atoms with Gasteiger partial charge in [-0.3, -0.25) is 0 Å². The second-order valence-corrected chi connectivity index (χ2v) is 4.36. The second-order valence-electron chi connectivity index (χ2n) is 4.36. The molecular formula is C9H15F2N. The number of nitrogens with two attached hydrogens (primary N) is 1. The van der Waals surface area contributed by atoms with Crippen LogP contribution in [0.1, 0.15) is 38.5 Å². The first-order valence-corrected chi connectivity index (χ1v) is 4.69. The van der Waals surface area contributed by atoms with E-state index in [0.717, 1.165) is 12.8 Å². The quantitative estimate of drug-likeness (QED) is 0.650. The topological polar surface area (TPSA) is 26.0 Å². The summed E-state index contributed by atoms with van der Waals surface area (Å²) >= 11 is 0. The van der Waals surface area contributed by atoms with Crippen molar-refractivity contribution in [3.8, 4) is 0 Å². The van der Waals surface area contributed by atoms with Crippen molar-refractivity contribution in [3.05, 3.63) is 0 Å². The fourth-order valence-electron chi connectivity index (χ4n) is 2.15. The number of halogens is 2. The van der Waals surface area contributed by atoms with Crippen LogP contribution in [0.2, 0.25) is 0 Å². The van der Waals surface area contributed by atoms with Gasteiger partial charge in [0, 0.05) is 18.4 Å². The van der Waals surface area contributed by atoms with Gasteiger partial charge in [-0.15, -0.1) is 0 Å². The van der Waals surface area contributed by atoms with Crippen molar-refractivity contribution in [1.82, 2.24) is 0 Å². The van der Waals surface area contributed by atoms with Crippen molar-refractivity contribution in [2.24, 2.45) is 11.7 Å². The van der Waals surface area contributed by atoms with Gasteiger partial charge in [-0.1, -0.05) is 0 Å². The molecule has 0 atom stereocenters. The van der Waals surface area contributed by atoms with Crippen LogP contribution in [0.3, 0.4) is 0 Å². The molecule has 2 N–H and O–H groups in total. The average molecular weight is 175 g/mol. The third kappa shape index (κ3) is 1.47. The summed E-state index contributed by atoms with van der Waals surface area (Å²) in [7, 11) is 0. The Kier molecular flexibility index (Phi) is 1.69. The van der Waals surface area contributed by atoms with E-state index < -0.39 is 5.92 Å². The van der Waals surface area contributed by atoms with Crippen molar-refractivity contribution in [2.75, 3.05) is 0 Å². The molecule has 0 amide bonds. The molecule has 0 radical (unpaired) electrons. The number of hydrogen-bond acceptors (Lipinski definition) is 1. The molecule has 0 unspecified atom stereocenters. The molecule has 0 heterocycles. The van der Waals surface area contributed by atoms with Gasteiger partial charge in [0.2, 0.25) is 5.92 Å². The van der Waals surface area contributed by atoms with E-state index in [1.807, 2.05) is 0 Å². The maximum absolute atomic E-state index is 12.8. The van der Waals surface area contributed by atoms with Gasteiger partial charge >= 0.3 is 0 Å². The molecule has 2 aliphatic rings. The molecule has 2 aliphatic carbocycles. The largest absolute Gasteiger partial charge is 0.325 e. The van der Waals surface area contributed by atoms with Crippen LogP contribution < -0.4 is 5.73 Å². The Morgan fingerprint density at radius 2 is 1.50 bits per heavy atom. The molecule has 2 rings (SSSR count). The van der Waals surface area contributed by atoms with Gasteiger partial charge < -0.3 is 5.73 Å². The molecule has 2 fully saturated rings. The summed E-state index contributed by atoms with van der Waals surface area (Å²) in [5.41, 5.74) is 5.82. The predicted molar refractivity (Wildman–Crippen MR) is 43.1 cm³/mol. The van der Waals surface area contributed by atoms with Crippen LogP contribution in [-0.2, 0) is 0 Å². The number of rotatable bonds is 1. The van der Waals surface area contributed by atoms with E-state index >= 15 is 0 Å². The predicted octanol–water partition coefficient (Wildman–Crippen LogP) is 2.30. The minimum atomic E-state index is -2.43. The Labute approximate surface area is 71.3 Å². The standard InChI is InChI=1S/C9H15F2N/c10-9(11)5-3-8(12,4-6-9)7-1-2-7/h7H,1-6,12H2. The Bertz CT molecular complexity index is 177. The first-order chi connectivity index (χ1) is 5.52. The number of hydrogen-bond donors (Lipinski definition) is 1. The third-order valence-corrected chi connectivity index (χ3v) is 3.30. The molecular weight excluding hydrogens is 160 g/mol. The van der Waals surface area contributed by atoms with Gasteiger partial charge in [0.1, 0.15) is 0 Å². The van der Waals surface area contributed by atoms with E-state index in [9.17, 15) is 8.78 Å². The van der Waals surface area contributed by atoms with Crippen molar-refractivity contribution in [3.63, 3.8) is 0 Å². The van der Waals surface area contributed by atoms with E-state index in [-0.39, 0.29) is 18.4 Å². The van der Waals surface area contributed by atoms with Crippen LogP contribution >= 0.6 is 0 Å². The first-order valence-electron chi connectivity index (χ1n) is 4.69. The van der Waals surface area contributed by atoms with E-state index in [1.165, 1.54) is 0 Å². The summed E-state index contributed by atoms with van der Waals surface area (Å²) in [6.07, 6.45) is 3.35. The zero-order valence-corrected chi connectivity index (χ0v) is 7.15. The molecule has 1 nitrogen and oxygen atoms in total. The van der Waals surface area contributed by atoms with Gasteiger partial charge in [0.25, 0.3) is 0 Å². The van der Waals surface area contributed by atoms with Crippen molar-refractivity contribution in [2.45, 2.75) is 50.0 Å². The lowest BCUT2D eigenvalue weighted by molar-refractivity contribution is -0.0533. The van der Waals surface area contributed by atoms with Crippen LogP contribution in [0.25, 0.3) is 0 Å². The SMILES string of the molecule is NC1(C2CC2)CCC(F)(F)CC1. The van der Waals surface area contributed by atoms with E-state index in [4.69, 9.17) is 5.73 Å². The lowest BCUT2D eigenvalue weighted by Crippen LogP contribution is -2.47. The zero-order valence-electron chi connectivity index (χ0n) is 7.15. The summed E-state index contributed by atoms with van der Waals surface area (Å²) in [6, 6.07) is 0. The molecule has 0 aromatic rings. The molecule has 0 bridgehead atoms. The normalized spacial score (nSPS) is 33.2. The lowest BCUT2D eigenvalue weighted by atomic mass is 9.77. The van der Waals surface area contributed by atoms with Gasteiger partial charge in [0.05, 0.1) is 0 Å². The highest BCUT2D eigenvalue weighted by Crippen LogP contribution is 2.48. The Morgan fingerprint density at radius 1 is 1.00 bits per heavy atom. The highest BCUT2D eigenvalue weighted by atomic mass is 19.3. The minimum Gasteiger partial charge on any atom is -0.325 e. The van der Waals surface area contributed by atoms with Crippen molar-refractivity contribution >= 4 is 0 Å². The third-order valence-electron chi connectivity index (χ3n) is 3.30. The van der Waals surface area contributed by atoms with E-state index in [2.05, 4.69) is 0 Å². The average Bonchev–Trinajstić information content (AvgIpc) is 2.78. The second kappa shape index (κ2) is 2.41. The van der Waals surface area contributed by atoms with Crippen molar-refractivity contribution < 1.29 is 8.78 Å². The molecule has 3 heteroatoms. The van der Waals surface area contributed by atoms with Crippen LogP contribution in [0.4, 0.5) is 8.78 Å². The monoisotopic (exact) mass is 175 g/mol. The van der Waals surface area contributed by atoms with Gasteiger partial charge in [-0.05, 0) is 31.6 Å². The molecule has 2 saturated carbocycles. The molecule has 0 saturated heterocycles. The summed E-state index contributed by atoms with van der Waals surface area (Å²) in [4.78, 5) is 0. The lowest BCUT2D eigenvalue weighted by Gasteiger charge is -2.37. The summed E-state index contributed by atoms with van der Waals surface area (Å²) in [5, 5.41) is 0. The van der Waals surface area contributed by atoms with Gasteiger partial charge in [0.15, 0.2) is 0 Å². The fraction of sp³-hybridized carbons (Fsp3) is 1.00. The molecule has 0 aromatic carbocycles. The summed E-state index contributed by atoms with van der Waals surface area (Å²) in [5.74, 6) is -1.88. The molecule has 0 aromatic heterocycles. The molecule has 0 spiro atoms. The van der Waals surface area contributed by atoms with Crippen LogP contribution in [0.15, 0.2) is 0 Å². The highest BCUT2D eigenvalue weighted by Gasteiger charge is 2.48. The fourth-order valence-corrected chi connectivity index (χ4v) is 2.15. The first kappa shape index (κ1) is 8.42. The zero-order chi connectivity index (χ0) is 8.82. The van der Waals surface area contributed by atoms with Crippen molar-refractivity contribution in [1.29, 1.82) is 0 Å². The minimum absolute atomic E-state index is 0.